The lowest BCUT2D eigenvalue weighted by Gasteiger charge is -2.15. The summed E-state index contributed by atoms with van der Waals surface area (Å²) >= 11 is 2.13. The van der Waals surface area contributed by atoms with E-state index in [1.165, 1.54) is 28.6 Å². The van der Waals surface area contributed by atoms with Gasteiger partial charge < -0.3 is 0 Å². The molecule has 9 heteroatoms. The average molecular weight is 492 g/mol. The van der Waals surface area contributed by atoms with Gasteiger partial charge in [0.2, 0.25) is 10.0 Å². The van der Waals surface area contributed by atoms with Crippen molar-refractivity contribution in [1.29, 1.82) is 0 Å². The number of nitrogens with one attached hydrogen (secondary N) is 1. The Morgan fingerprint density at radius 2 is 1.32 bits per heavy atom. The molecule has 1 aliphatic rings. The van der Waals surface area contributed by atoms with Crippen LogP contribution in [0.15, 0.2) is 58.3 Å². The minimum atomic E-state index is -3.77. The lowest BCUT2D eigenvalue weighted by atomic mass is 10.3. The van der Waals surface area contributed by atoms with Crippen molar-refractivity contribution in [2.24, 2.45) is 0 Å². The molecule has 0 radical (unpaired) electrons. The van der Waals surface area contributed by atoms with E-state index in [-0.39, 0.29) is 9.79 Å². The molecule has 1 heterocycles. The van der Waals surface area contributed by atoms with Gasteiger partial charge in [0.1, 0.15) is 0 Å². The molecule has 0 aromatic heterocycles. The van der Waals surface area contributed by atoms with Gasteiger partial charge in [-0.2, -0.15) is 4.31 Å². The standard InChI is InChI=1S/C16H17IN2O4S2/c17-13-3-5-14(6-4-13)18-24(20,21)15-7-9-16(10-8-15)25(22,23)19-11-1-2-12-19/h3-10,18H,1-2,11-12H2. The zero-order chi connectivity index (χ0) is 18.1. The van der Waals surface area contributed by atoms with Gasteiger partial charge in [0.25, 0.3) is 10.0 Å². The molecule has 0 aliphatic carbocycles. The van der Waals surface area contributed by atoms with Crippen LogP contribution in [0, 0.1) is 3.57 Å². The summed E-state index contributed by atoms with van der Waals surface area (Å²) in [6.07, 6.45) is 1.71. The SMILES string of the molecule is O=S(=O)(Nc1ccc(I)cc1)c1ccc(S(=O)(=O)N2CCCC2)cc1. The van der Waals surface area contributed by atoms with Crippen LogP contribution < -0.4 is 4.72 Å². The fraction of sp³-hybridized carbons (Fsp3) is 0.250. The summed E-state index contributed by atoms with van der Waals surface area (Å²) in [7, 11) is -7.32. The van der Waals surface area contributed by atoms with Crippen LogP contribution in [-0.2, 0) is 20.0 Å². The van der Waals surface area contributed by atoms with Crippen LogP contribution in [0.4, 0.5) is 5.69 Å². The van der Waals surface area contributed by atoms with Gasteiger partial charge in [-0.05, 0) is 84.0 Å². The lowest BCUT2D eigenvalue weighted by Crippen LogP contribution is -2.27. The quantitative estimate of drug-likeness (QED) is 0.651. The average Bonchev–Trinajstić information content (AvgIpc) is 3.12. The van der Waals surface area contributed by atoms with E-state index in [9.17, 15) is 16.8 Å². The molecular formula is C16H17IN2O4S2. The van der Waals surface area contributed by atoms with Gasteiger partial charge in [-0.1, -0.05) is 0 Å². The van der Waals surface area contributed by atoms with Gasteiger partial charge in [0.15, 0.2) is 0 Å². The van der Waals surface area contributed by atoms with E-state index in [1.54, 1.807) is 24.3 Å². The molecule has 1 aliphatic heterocycles. The molecule has 0 unspecified atom stereocenters. The number of rotatable bonds is 5. The number of sulfonamides is 2. The highest BCUT2D eigenvalue weighted by Crippen LogP contribution is 2.23. The molecule has 0 bridgehead atoms. The summed E-state index contributed by atoms with van der Waals surface area (Å²) in [4.78, 5) is 0.133. The van der Waals surface area contributed by atoms with Gasteiger partial charge in [0, 0.05) is 22.3 Å². The number of nitrogens with zero attached hydrogens (tertiary/aromatic N) is 1. The Kier molecular flexibility index (Phi) is 5.37. The highest BCUT2D eigenvalue weighted by molar-refractivity contribution is 14.1. The first kappa shape index (κ1) is 18.6. The number of benzene rings is 2. The maximum atomic E-state index is 12.5. The molecule has 134 valence electrons. The molecule has 1 N–H and O–H groups in total. The Morgan fingerprint density at radius 3 is 1.88 bits per heavy atom. The fourth-order valence-corrected chi connectivity index (χ4v) is 5.54. The van der Waals surface area contributed by atoms with Crippen molar-refractivity contribution in [3.05, 3.63) is 52.1 Å². The molecule has 0 saturated carbocycles. The summed E-state index contributed by atoms with van der Waals surface area (Å²) in [5.74, 6) is 0. The Hall–Kier alpha value is -1.17. The maximum absolute atomic E-state index is 12.5. The van der Waals surface area contributed by atoms with E-state index in [2.05, 4.69) is 27.3 Å². The Labute approximate surface area is 161 Å². The zero-order valence-corrected chi connectivity index (χ0v) is 17.0. The summed E-state index contributed by atoms with van der Waals surface area (Å²) in [5, 5.41) is 0. The Bertz CT molecular complexity index is 950. The van der Waals surface area contributed by atoms with Crippen LogP contribution in [0.3, 0.4) is 0 Å². The molecule has 6 nitrogen and oxygen atoms in total. The second-order valence-corrected chi connectivity index (χ2v) is 10.6. The third-order valence-corrected chi connectivity index (χ3v) is 7.96. The highest BCUT2D eigenvalue weighted by Gasteiger charge is 2.27. The van der Waals surface area contributed by atoms with Gasteiger partial charge in [-0.15, -0.1) is 0 Å². The molecule has 2 aromatic rings. The van der Waals surface area contributed by atoms with Crippen LogP contribution in [0.25, 0.3) is 0 Å². The van der Waals surface area contributed by atoms with Crippen molar-refractivity contribution >= 4 is 48.3 Å². The molecular weight excluding hydrogens is 475 g/mol. The van der Waals surface area contributed by atoms with Crippen LogP contribution in [0.1, 0.15) is 12.8 Å². The zero-order valence-electron chi connectivity index (χ0n) is 13.2. The normalized spacial score (nSPS) is 16.0. The predicted octanol–water partition coefficient (Wildman–Crippen LogP) is 2.88. The molecule has 0 atom stereocenters. The minimum absolute atomic E-state index is 0.0198. The Balaban J connectivity index is 1.82. The monoisotopic (exact) mass is 492 g/mol. The van der Waals surface area contributed by atoms with Crippen LogP contribution in [0.5, 0.6) is 0 Å². The van der Waals surface area contributed by atoms with Gasteiger partial charge in [-0.3, -0.25) is 4.72 Å². The highest BCUT2D eigenvalue weighted by atomic mass is 127. The molecule has 0 amide bonds. The third kappa shape index (κ3) is 4.15. The van der Waals surface area contributed by atoms with E-state index >= 15 is 0 Å². The van der Waals surface area contributed by atoms with E-state index in [1.807, 2.05) is 0 Å². The van der Waals surface area contributed by atoms with E-state index < -0.39 is 20.0 Å². The van der Waals surface area contributed by atoms with Crippen LogP contribution >= 0.6 is 22.6 Å². The van der Waals surface area contributed by atoms with Crippen molar-refractivity contribution in [2.75, 3.05) is 17.8 Å². The predicted molar refractivity (Wildman–Crippen MR) is 104 cm³/mol. The molecule has 1 saturated heterocycles. The third-order valence-electron chi connectivity index (χ3n) is 3.93. The minimum Gasteiger partial charge on any atom is -0.280 e. The van der Waals surface area contributed by atoms with Crippen LogP contribution in [0.2, 0.25) is 0 Å². The molecule has 0 spiro atoms. The summed E-state index contributed by atoms with van der Waals surface area (Å²) in [6.45, 7) is 1.02. The van der Waals surface area contributed by atoms with Crippen molar-refractivity contribution < 1.29 is 16.8 Å². The van der Waals surface area contributed by atoms with Crippen molar-refractivity contribution in [2.45, 2.75) is 22.6 Å². The fourth-order valence-electron chi connectivity index (χ4n) is 2.60. The number of halogens is 1. The maximum Gasteiger partial charge on any atom is 0.261 e. The van der Waals surface area contributed by atoms with Gasteiger partial charge >= 0.3 is 0 Å². The van der Waals surface area contributed by atoms with Crippen molar-refractivity contribution in [3.63, 3.8) is 0 Å². The lowest BCUT2D eigenvalue weighted by molar-refractivity contribution is 0.477. The molecule has 25 heavy (non-hydrogen) atoms. The molecule has 3 rings (SSSR count). The summed E-state index contributed by atoms with van der Waals surface area (Å²) < 4.78 is 54.7. The summed E-state index contributed by atoms with van der Waals surface area (Å²) in [6, 6.07) is 12.3. The van der Waals surface area contributed by atoms with Crippen molar-refractivity contribution in [1.82, 2.24) is 4.31 Å². The van der Waals surface area contributed by atoms with E-state index in [0.717, 1.165) is 16.4 Å². The number of anilines is 1. The molecule has 1 fully saturated rings. The van der Waals surface area contributed by atoms with E-state index in [4.69, 9.17) is 0 Å². The Morgan fingerprint density at radius 1 is 0.800 bits per heavy atom. The largest absolute Gasteiger partial charge is 0.280 e. The van der Waals surface area contributed by atoms with Crippen LogP contribution in [-0.4, -0.2) is 34.2 Å². The smallest absolute Gasteiger partial charge is 0.261 e. The topological polar surface area (TPSA) is 83.5 Å². The number of hydrogen-bond donors (Lipinski definition) is 1. The second kappa shape index (κ2) is 7.22. The molecule has 2 aromatic carbocycles. The van der Waals surface area contributed by atoms with Crippen molar-refractivity contribution in [3.8, 4) is 0 Å². The first-order chi connectivity index (χ1) is 11.8. The first-order valence-corrected chi connectivity index (χ1v) is 11.7. The van der Waals surface area contributed by atoms with E-state index in [0.29, 0.717) is 18.8 Å². The summed E-state index contributed by atoms with van der Waals surface area (Å²) in [5.41, 5.74) is 0.453. The van der Waals surface area contributed by atoms with Gasteiger partial charge in [0.05, 0.1) is 9.79 Å². The first-order valence-electron chi connectivity index (χ1n) is 7.68. The second-order valence-electron chi connectivity index (χ2n) is 5.69. The van der Waals surface area contributed by atoms with Gasteiger partial charge in [-0.25, -0.2) is 16.8 Å². The number of hydrogen-bond acceptors (Lipinski definition) is 4.